The van der Waals surface area contributed by atoms with E-state index in [1.54, 1.807) is 37.4 Å². The van der Waals surface area contributed by atoms with Crippen LogP contribution in [0.4, 0.5) is 5.69 Å². The van der Waals surface area contributed by atoms with E-state index < -0.39 is 11.7 Å². The minimum absolute atomic E-state index is 0.227. The predicted molar refractivity (Wildman–Crippen MR) is 130 cm³/mol. The maximum Gasteiger partial charge on any atom is 0.296 e. The first kappa shape index (κ1) is 23.5. The van der Waals surface area contributed by atoms with Crippen molar-refractivity contribution in [3.8, 4) is 11.6 Å². The van der Waals surface area contributed by atoms with Crippen molar-refractivity contribution in [1.29, 1.82) is 0 Å². The Morgan fingerprint density at radius 1 is 1.06 bits per heavy atom. The number of rotatable bonds is 7. The summed E-state index contributed by atoms with van der Waals surface area (Å²) in [5, 5.41) is 4.10. The average molecular weight is 499 g/mol. The fourth-order valence-corrected chi connectivity index (χ4v) is 4.11. The maximum atomic E-state index is 13.3. The van der Waals surface area contributed by atoms with Gasteiger partial charge in [-0.1, -0.05) is 29.3 Å². The summed E-state index contributed by atoms with van der Waals surface area (Å²) in [5.74, 6) is -0.744. The molecule has 0 aliphatic carbocycles. The molecule has 4 rings (SSSR count). The van der Waals surface area contributed by atoms with Crippen LogP contribution in [0, 0.1) is 6.92 Å². The predicted octanol–water partition coefficient (Wildman–Crippen LogP) is 4.93. The number of ketones is 1. The highest BCUT2D eigenvalue weighted by atomic mass is 35.5. The van der Waals surface area contributed by atoms with E-state index >= 15 is 0 Å². The Kier molecular flexibility index (Phi) is 6.72. The van der Waals surface area contributed by atoms with Gasteiger partial charge in [0.1, 0.15) is 11.4 Å². The lowest BCUT2D eigenvalue weighted by molar-refractivity contribution is -0.112. The fraction of sp³-hybridized carbons (Fsp3) is 0.167. The number of benzene rings is 1. The van der Waals surface area contributed by atoms with Gasteiger partial charge in [0.15, 0.2) is 0 Å². The molecule has 1 amide bonds. The summed E-state index contributed by atoms with van der Waals surface area (Å²) in [5.41, 5.74) is 2.48. The van der Waals surface area contributed by atoms with E-state index in [0.717, 1.165) is 5.56 Å². The SMILES string of the molecule is COc1cnc2c(c1)c(C(=O)C(=O)Nc1ccnc(OC)c1)c(C)n2Cc1ccc(Cl)cc1Cl. The van der Waals surface area contributed by atoms with Crippen LogP contribution in [0.15, 0.2) is 48.8 Å². The molecule has 0 fully saturated rings. The van der Waals surface area contributed by atoms with Gasteiger partial charge in [-0.25, -0.2) is 9.97 Å². The second-order valence-electron chi connectivity index (χ2n) is 7.40. The summed E-state index contributed by atoms with van der Waals surface area (Å²) in [6.07, 6.45) is 3.03. The molecule has 0 unspecified atom stereocenters. The quantitative estimate of drug-likeness (QED) is 0.286. The summed E-state index contributed by atoms with van der Waals surface area (Å²) in [4.78, 5) is 34.7. The number of Topliss-reactive ketones (excluding diaryl/α,β-unsaturated/α-hetero) is 1. The number of fused-ring (bicyclic) bond motifs is 1. The Balaban J connectivity index is 1.77. The zero-order chi connectivity index (χ0) is 24.4. The number of carbonyl (C=O) groups excluding carboxylic acids is 2. The highest BCUT2D eigenvalue weighted by Gasteiger charge is 2.27. The molecular weight excluding hydrogens is 479 g/mol. The van der Waals surface area contributed by atoms with Crippen molar-refractivity contribution >= 4 is 51.6 Å². The average Bonchev–Trinajstić information content (AvgIpc) is 3.10. The van der Waals surface area contributed by atoms with Gasteiger partial charge in [0.2, 0.25) is 5.88 Å². The Morgan fingerprint density at radius 3 is 2.56 bits per heavy atom. The molecule has 0 aliphatic heterocycles. The number of amides is 1. The van der Waals surface area contributed by atoms with Crippen LogP contribution in [0.3, 0.4) is 0 Å². The van der Waals surface area contributed by atoms with E-state index in [1.165, 1.54) is 26.5 Å². The molecular formula is C24H20Cl2N4O4. The molecule has 0 radical (unpaired) electrons. The second kappa shape index (κ2) is 9.70. The fourth-order valence-electron chi connectivity index (χ4n) is 3.64. The summed E-state index contributed by atoms with van der Waals surface area (Å²) in [6, 6.07) is 9.97. The van der Waals surface area contributed by atoms with Crippen molar-refractivity contribution in [1.82, 2.24) is 14.5 Å². The minimum Gasteiger partial charge on any atom is -0.495 e. The molecule has 0 aliphatic rings. The van der Waals surface area contributed by atoms with Crippen molar-refractivity contribution in [2.45, 2.75) is 13.5 Å². The molecule has 0 atom stereocenters. The number of methoxy groups -OCH3 is 2. The number of anilines is 1. The highest BCUT2D eigenvalue weighted by Crippen LogP contribution is 2.31. The van der Waals surface area contributed by atoms with E-state index in [-0.39, 0.29) is 5.56 Å². The van der Waals surface area contributed by atoms with Gasteiger partial charge in [-0.3, -0.25) is 9.59 Å². The van der Waals surface area contributed by atoms with Gasteiger partial charge in [-0.2, -0.15) is 0 Å². The first-order valence-electron chi connectivity index (χ1n) is 10.1. The smallest absolute Gasteiger partial charge is 0.296 e. The molecule has 0 spiro atoms. The van der Waals surface area contributed by atoms with E-state index in [0.29, 0.717) is 50.6 Å². The molecule has 10 heteroatoms. The topological polar surface area (TPSA) is 95.3 Å². The van der Waals surface area contributed by atoms with Crippen LogP contribution in [0.25, 0.3) is 11.0 Å². The van der Waals surface area contributed by atoms with E-state index in [9.17, 15) is 9.59 Å². The molecule has 0 bridgehead atoms. The Labute approximate surface area is 205 Å². The van der Waals surface area contributed by atoms with Crippen molar-refractivity contribution in [3.63, 3.8) is 0 Å². The summed E-state index contributed by atoms with van der Waals surface area (Å²) in [6.45, 7) is 2.09. The Hall–Kier alpha value is -3.62. The van der Waals surface area contributed by atoms with Gasteiger partial charge >= 0.3 is 0 Å². The largest absolute Gasteiger partial charge is 0.495 e. The third kappa shape index (κ3) is 4.55. The number of nitrogens with one attached hydrogen (secondary N) is 1. The number of nitrogens with zero attached hydrogens (tertiary/aromatic N) is 3. The zero-order valence-electron chi connectivity index (χ0n) is 18.6. The molecule has 174 valence electrons. The van der Waals surface area contributed by atoms with Crippen LogP contribution in [-0.2, 0) is 11.3 Å². The van der Waals surface area contributed by atoms with E-state index in [2.05, 4.69) is 15.3 Å². The molecule has 3 heterocycles. The van der Waals surface area contributed by atoms with Crippen molar-refractivity contribution in [3.05, 3.63) is 75.7 Å². The zero-order valence-corrected chi connectivity index (χ0v) is 20.1. The Morgan fingerprint density at radius 2 is 1.85 bits per heavy atom. The molecule has 0 saturated heterocycles. The number of halogens is 2. The van der Waals surface area contributed by atoms with Crippen LogP contribution in [0.2, 0.25) is 10.0 Å². The lowest BCUT2D eigenvalue weighted by atomic mass is 10.1. The summed E-state index contributed by atoms with van der Waals surface area (Å²) < 4.78 is 12.2. The normalized spacial score (nSPS) is 10.9. The van der Waals surface area contributed by atoms with Crippen molar-refractivity contribution in [2.75, 3.05) is 19.5 Å². The summed E-state index contributed by atoms with van der Waals surface area (Å²) >= 11 is 12.4. The van der Waals surface area contributed by atoms with Gasteiger partial charge in [0.05, 0.1) is 32.5 Å². The molecule has 3 aromatic heterocycles. The third-order valence-electron chi connectivity index (χ3n) is 5.35. The first-order chi connectivity index (χ1) is 16.3. The number of ether oxygens (including phenoxy) is 2. The molecule has 34 heavy (non-hydrogen) atoms. The van der Waals surface area contributed by atoms with Crippen LogP contribution < -0.4 is 14.8 Å². The second-order valence-corrected chi connectivity index (χ2v) is 8.24. The molecule has 1 N–H and O–H groups in total. The molecule has 1 aromatic carbocycles. The van der Waals surface area contributed by atoms with Crippen molar-refractivity contribution < 1.29 is 19.1 Å². The van der Waals surface area contributed by atoms with E-state index in [4.69, 9.17) is 32.7 Å². The van der Waals surface area contributed by atoms with Gasteiger partial charge in [0, 0.05) is 39.1 Å². The number of carbonyl (C=O) groups is 2. The van der Waals surface area contributed by atoms with Crippen molar-refractivity contribution in [2.24, 2.45) is 0 Å². The molecule has 8 nitrogen and oxygen atoms in total. The van der Waals surface area contributed by atoms with Gasteiger partial charge in [0.25, 0.3) is 11.7 Å². The van der Waals surface area contributed by atoms with Gasteiger partial charge < -0.3 is 19.4 Å². The lowest BCUT2D eigenvalue weighted by Crippen LogP contribution is -2.23. The lowest BCUT2D eigenvalue weighted by Gasteiger charge is -2.10. The maximum absolute atomic E-state index is 13.3. The first-order valence-corrected chi connectivity index (χ1v) is 10.9. The Bertz CT molecular complexity index is 1420. The molecule has 0 saturated carbocycles. The number of hydrogen-bond acceptors (Lipinski definition) is 6. The molecule has 4 aromatic rings. The number of pyridine rings is 2. The van der Waals surface area contributed by atoms with E-state index in [1.807, 2.05) is 10.6 Å². The highest BCUT2D eigenvalue weighted by molar-refractivity contribution is 6.48. The minimum atomic E-state index is -0.803. The monoisotopic (exact) mass is 498 g/mol. The van der Waals surface area contributed by atoms with Gasteiger partial charge in [-0.05, 0) is 36.8 Å². The third-order valence-corrected chi connectivity index (χ3v) is 5.93. The number of aromatic nitrogens is 3. The summed E-state index contributed by atoms with van der Waals surface area (Å²) in [7, 11) is 2.97. The van der Waals surface area contributed by atoms with Gasteiger partial charge in [-0.15, -0.1) is 0 Å². The standard InChI is InChI=1S/C24H20Cl2N4O4/c1-13-21(22(31)24(32)29-16-6-7-27-20(9-16)34-3)18-10-17(33-2)11-28-23(18)30(13)12-14-4-5-15(25)8-19(14)26/h4-11H,12H2,1-3H3,(H,27,29,32). The van der Waals surface area contributed by atoms with Crippen LogP contribution in [0.1, 0.15) is 21.6 Å². The van der Waals surface area contributed by atoms with Crippen LogP contribution in [0.5, 0.6) is 11.6 Å². The van der Waals surface area contributed by atoms with Crippen LogP contribution >= 0.6 is 23.2 Å². The number of hydrogen-bond donors (Lipinski definition) is 1. The van der Waals surface area contributed by atoms with Crippen LogP contribution in [-0.4, -0.2) is 40.4 Å².